The topological polar surface area (TPSA) is 64.8 Å². The van der Waals surface area contributed by atoms with Crippen LogP contribution in [0.25, 0.3) is 11.2 Å². The summed E-state index contributed by atoms with van der Waals surface area (Å²) in [6, 6.07) is 1.71. The molecule has 2 aromatic rings. The van der Waals surface area contributed by atoms with Crippen LogP contribution < -0.4 is 0 Å². The van der Waals surface area contributed by atoms with Gasteiger partial charge >= 0.3 is 0 Å². The third kappa shape index (κ3) is 2.19. The molecule has 5 nitrogen and oxygen atoms in total. The number of hydrogen-bond acceptors (Lipinski definition) is 4. The van der Waals surface area contributed by atoms with Gasteiger partial charge in [0.1, 0.15) is 11.3 Å². The second-order valence-corrected chi connectivity index (χ2v) is 8.22. The number of pyridine rings is 1. The first kappa shape index (κ1) is 14.1. The Morgan fingerprint density at radius 1 is 1.50 bits per heavy atom. The highest BCUT2D eigenvalue weighted by Gasteiger charge is 2.42. The van der Waals surface area contributed by atoms with Gasteiger partial charge in [-0.05, 0) is 19.4 Å². The number of alkyl halides is 1. The summed E-state index contributed by atoms with van der Waals surface area (Å²) < 4.78 is 25.5. The van der Waals surface area contributed by atoms with E-state index in [0.29, 0.717) is 28.4 Å². The van der Waals surface area contributed by atoms with Crippen molar-refractivity contribution in [3.8, 4) is 0 Å². The predicted octanol–water partition coefficient (Wildman–Crippen LogP) is 2.36. The third-order valence-corrected chi connectivity index (χ3v) is 6.01. The molecular formula is C12H13Cl2N3O2S. The maximum absolute atomic E-state index is 11.8. The molecule has 0 bridgehead atoms. The number of halogens is 2. The lowest BCUT2D eigenvalue weighted by Crippen LogP contribution is -2.33. The summed E-state index contributed by atoms with van der Waals surface area (Å²) in [4.78, 5) is 8.72. The summed E-state index contributed by atoms with van der Waals surface area (Å²) >= 11 is 11.9. The molecule has 0 saturated carbocycles. The summed E-state index contributed by atoms with van der Waals surface area (Å²) in [6.45, 7) is 1.91. The Labute approximate surface area is 126 Å². The smallest absolute Gasteiger partial charge is 0.160 e. The second kappa shape index (κ2) is 4.58. The highest BCUT2D eigenvalue weighted by molar-refractivity contribution is 7.91. The minimum atomic E-state index is -3.03. The van der Waals surface area contributed by atoms with Crippen molar-refractivity contribution < 1.29 is 8.42 Å². The van der Waals surface area contributed by atoms with Crippen LogP contribution in [0.1, 0.15) is 19.2 Å². The quantitative estimate of drug-likeness (QED) is 0.791. The number of rotatable bonds is 2. The molecule has 0 radical (unpaired) electrons. The minimum absolute atomic E-state index is 0.0830. The fraction of sp³-hybridized carbons (Fsp3) is 0.500. The van der Waals surface area contributed by atoms with E-state index in [-0.39, 0.29) is 17.4 Å². The summed E-state index contributed by atoms with van der Waals surface area (Å²) in [5.74, 6) is 1.08. The molecule has 1 unspecified atom stereocenters. The van der Waals surface area contributed by atoms with Crippen molar-refractivity contribution >= 4 is 44.2 Å². The highest BCUT2D eigenvalue weighted by atomic mass is 35.5. The lowest BCUT2D eigenvalue weighted by Gasteiger charge is -2.26. The van der Waals surface area contributed by atoms with Crippen molar-refractivity contribution in [3.63, 3.8) is 0 Å². The van der Waals surface area contributed by atoms with E-state index in [0.717, 1.165) is 0 Å². The first-order valence-corrected chi connectivity index (χ1v) is 8.88. The minimum Gasteiger partial charge on any atom is -0.305 e. The molecule has 1 saturated heterocycles. The summed E-state index contributed by atoms with van der Waals surface area (Å²) in [6.07, 6.45) is 2.07. The number of hydrogen-bond donors (Lipinski definition) is 0. The molecule has 1 aliphatic rings. The van der Waals surface area contributed by atoms with Crippen LogP contribution in [-0.2, 0) is 21.3 Å². The van der Waals surface area contributed by atoms with Crippen molar-refractivity contribution in [1.29, 1.82) is 0 Å². The van der Waals surface area contributed by atoms with Gasteiger partial charge in [0, 0.05) is 6.20 Å². The molecule has 3 rings (SSSR count). The van der Waals surface area contributed by atoms with Crippen molar-refractivity contribution in [1.82, 2.24) is 14.5 Å². The van der Waals surface area contributed by atoms with Crippen molar-refractivity contribution in [2.75, 3.05) is 11.5 Å². The number of aromatic nitrogens is 3. The van der Waals surface area contributed by atoms with E-state index < -0.39 is 15.4 Å². The lowest BCUT2D eigenvalue weighted by atomic mass is 10.0. The first-order chi connectivity index (χ1) is 9.35. The summed E-state index contributed by atoms with van der Waals surface area (Å²) in [7, 11) is -3.03. The maximum Gasteiger partial charge on any atom is 0.160 e. The number of sulfone groups is 1. The van der Waals surface area contributed by atoms with Crippen LogP contribution in [0.5, 0.6) is 0 Å². The average Bonchev–Trinajstić information content (AvgIpc) is 2.86. The van der Waals surface area contributed by atoms with E-state index in [4.69, 9.17) is 23.2 Å². The fourth-order valence-corrected chi connectivity index (χ4v) is 5.26. The summed E-state index contributed by atoms with van der Waals surface area (Å²) in [5, 5.41) is 0.493. The largest absolute Gasteiger partial charge is 0.305 e. The molecule has 1 aliphatic heterocycles. The normalized spacial score (nSPS) is 25.4. The second-order valence-electron chi connectivity index (χ2n) is 5.33. The molecule has 20 heavy (non-hydrogen) atoms. The molecule has 0 aliphatic carbocycles. The SMILES string of the molecule is CC1(n2c(CCl)nc3cc(Cl)cnc32)CCS(=O)(=O)C1. The van der Waals surface area contributed by atoms with Gasteiger partial charge in [-0.15, -0.1) is 11.6 Å². The van der Waals surface area contributed by atoms with Gasteiger partial charge in [-0.1, -0.05) is 11.6 Å². The molecule has 8 heteroatoms. The van der Waals surface area contributed by atoms with E-state index in [9.17, 15) is 8.42 Å². The molecule has 1 atom stereocenters. The molecule has 1 fully saturated rings. The Morgan fingerprint density at radius 3 is 2.85 bits per heavy atom. The first-order valence-electron chi connectivity index (χ1n) is 6.14. The molecule has 0 N–H and O–H groups in total. The zero-order valence-corrected chi connectivity index (χ0v) is 13.1. The van der Waals surface area contributed by atoms with Gasteiger partial charge in [0.25, 0.3) is 0 Å². The van der Waals surface area contributed by atoms with Crippen LogP contribution in [0.4, 0.5) is 0 Å². The Kier molecular flexibility index (Phi) is 3.23. The van der Waals surface area contributed by atoms with E-state index in [1.165, 1.54) is 6.20 Å². The van der Waals surface area contributed by atoms with Crippen LogP contribution in [-0.4, -0.2) is 34.5 Å². The van der Waals surface area contributed by atoms with Crippen LogP contribution >= 0.6 is 23.2 Å². The Balaban J connectivity index is 2.25. The van der Waals surface area contributed by atoms with Gasteiger partial charge in [-0.25, -0.2) is 18.4 Å². The van der Waals surface area contributed by atoms with Gasteiger partial charge < -0.3 is 4.57 Å². The average molecular weight is 334 g/mol. The standard InChI is InChI=1S/C12H13Cl2N3O2S/c1-12(2-3-20(18,19)7-12)17-10(5-13)16-9-4-8(14)6-15-11(9)17/h4,6H,2-3,5,7H2,1H3. The molecular weight excluding hydrogens is 321 g/mol. The maximum atomic E-state index is 11.8. The highest BCUT2D eigenvalue weighted by Crippen LogP contribution is 2.35. The Hall–Kier alpha value is -0.850. The van der Waals surface area contributed by atoms with Crippen LogP contribution in [0.2, 0.25) is 5.02 Å². The van der Waals surface area contributed by atoms with Crippen molar-refractivity contribution in [2.45, 2.75) is 24.8 Å². The van der Waals surface area contributed by atoms with Gasteiger partial charge in [0.2, 0.25) is 0 Å². The van der Waals surface area contributed by atoms with Gasteiger partial charge in [0.05, 0.1) is 27.9 Å². The molecule has 0 spiro atoms. The van der Waals surface area contributed by atoms with Crippen molar-refractivity contribution in [3.05, 3.63) is 23.1 Å². The molecule has 0 aromatic carbocycles. The Morgan fingerprint density at radius 2 is 2.25 bits per heavy atom. The van der Waals surface area contributed by atoms with Gasteiger partial charge in [-0.3, -0.25) is 0 Å². The van der Waals surface area contributed by atoms with Gasteiger partial charge in [-0.2, -0.15) is 0 Å². The Bertz CT molecular complexity index is 787. The zero-order chi connectivity index (χ0) is 14.5. The monoisotopic (exact) mass is 333 g/mol. The number of nitrogens with zero attached hydrogens (tertiary/aromatic N) is 3. The van der Waals surface area contributed by atoms with Gasteiger partial charge in [0.15, 0.2) is 15.5 Å². The van der Waals surface area contributed by atoms with Crippen LogP contribution in [0, 0.1) is 0 Å². The zero-order valence-electron chi connectivity index (χ0n) is 10.8. The third-order valence-electron chi connectivity index (χ3n) is 3.68. The molecule has 2 aromatic heterocycles. The predicted molar refractivity (Wildman–Crippen MR) is 79.0 cm³/mol. The van der Waals surface area contributed by atoms with Crippen LogP contribution in [0.15, 0.2) is 12.3 Å². The fourth-order valence-electron chi connectivity index (χ4n) is 2.81. The lowest BCUT2D eigenvalue weighted by molar-refractivity contribution is 0.365. The molecule has 3 heterocycles. The van der Waals surface area contributed by atoms with E-state index in [1.807, 2.05) is 11.5 Å². The van der Waals surface area contributed by atoms with E-state index >= 15 is 0 Å². The number of fused-ring (bicyclic) bond motifs is 1. The number of imidazole rings is 1. The van der Waals surface area contributed by atoms with E-state index in [1.54, 1.807) is 6.07 Å². The molecule has 108 valence electrons. The van der Waals surface area contributed by atoms with Crippen LogP contribution in [0.3, 0.4) is 0 Å². The summed E-state index contributed by atoms with van der Waals surface area (Å²) in [5.41, 5.74) is 0.710. The van der Waals surface area contributed by atoms with Crippen molar-refractivity contribution in [2.24, 2.45) is 0 Å². The van der Waals surface area contributed by atoms with E-state index in [2.05, 4.69) is 9.97 Å². The molecule has 0 amide bonds.